The van der Waals surface area contributed by atoms with Crippen LogP contribution in [0.2, 0.25) is 0 Å². The molecule has 0 spiro atoms. The zero-order valence-corrected chi connectivity index (χ0v) is 15.8. The van der Waals surface area contributed by atoms with E-state index in [0.29, 0.717) is 17.1 Å². The minimum Gasteiger partial charge on any atom is -0.480 e. The number of carbonyl (C=O) groups excluding carboxylic acids is 1. The van der Waals surface area contributed by atoms with Gasteiger partial charge in [-0.05, 0) is 53.8 Å². The first-order valence-corrected chi connectivity index (χ1v) is 8.70. The molecule has 2 rings (SSSR count). The van der Waals surface area contributed by atoms with Gasteiger partial charge in [-0.3, -0.25) is 9.59 Å². The molecule has 0 aliphatic rings. The predicted octanol–water partition coefficient (Wildman–Crippen LogP) is 1.97. The van der Waals surface area contributed by atoms with Crippen LogP contribution < -0.4 is 21.9 Å². The van der Waals surface area contributed by atoms with E-state index in [2.05, 4.69) is 4.99 Å². The molecule has 0 aliphatic heterocycles. The van der Waals surface area contributed by atoms with Crippen LogP contribution in [0, 0.1) is 0 Å². The second kappa shape index (κ2) is 9.01. The fourth-order valence-electron chi connectivity index (χ4n) is 2.57. The van der Waals surface area contributed by atoms with Crippen LogP contribution >= 0.6 is 0 Å². The lowest BCUT2D eigenvalue weighted by atomic mass is 9.99. The Hall–Kier alpha value is -3.39. The minimum absolute atomic E-state index is 0.0924. The van der Waals surface area contributed by atoms with Crippen molar-refractivity contribution in [3.63, 3.8) is 0 Å². The van der Waals surface area contributed by atoms with E-state index in [9.17, 15) is 9.59 Å². The van der Waals surface area contributed by atoms with Gasteiger partial charge in [0.25, 0.3) is 5.91 Å². The zero-order valence-electron chi connectivity index (χ0n) is 15.8. The summed E-state index contributed by atoms with van der Waals surface area (Å²) in [6.45, 7) is 3.96. The molecule has 0 aliphatic carbocycles. The summed E-state index contributed by atoms with van der Waals surface area (Å²) in [6, 6.07) is 11.1. The molecule has 0 aromatic heterocycles. The number of nitrogens with two attached hydrogens (primary N) is 3. The molecular weight excluding hydrogens is 360 g/mol. The third-order valence-electron chi connectivity index (χ3n) is 4.03. The Morgan fingerprint density at radius 3 is 2.29 bits per heavy atom. The maximum Gasteiger partial charge on any atom is 0.320 e. The number of aliphatic carboxylic acids is 1. The summed E-state index contributed by atoms with van der Waals surface area (Å²) in [5.74, 6) is -0.581. The molecule has 8 heteroatoms. The monoisotopic (exact) mass is 384 g/mol. The van der Waals surface area contributed by atoms with Gasteiger partial charge < -0.3 is 27.0 Å². The van der Waals surface area contributed by atoms with Gasteiger partial charge in [0, 0.05) is 5.56 Å². The molecule has 0 radical (unpaired) electrons. The summed E-state index contributed by atoms with van der Waals surface area (Å²) < 4.78 is 5.95. The van der Waals surface area contributed by atoms with Gasteiger partial charge in [0.2, 0.25) is 0 Å². The molecule has 0 heterocycles. The largest absolute Gasteiger partial charge is 0.480 e. The van der Waals surface area contributed by atoms with Crippen molar-refractivity contribution in [2.24, 2.45) is 22.2 Å². The van der Waals surface area contributed by atoms with E-state index >= 15 is 0 Å². The highest BCUT2D eigenvalue weighted by Gasteiger charge is 2.15. The molecule has 0 saturated heterocycles. The number of carboxylic acid groups (broad SMARTS) is 1. The number of nitrogens with zero attached hydrogens (tertiary/aromatic N) is 1. The molecule has 148 valence electrons. The Labute approximate surface area is 163 Å². The Morgan fingerprint density at radius 2 is 1.75 bits per heavy atom. The van der Waals surface area contributed by atoms with Crippen molar-refractivity contribution in [1.29, 1.82) is 0 Å². The fraction of sp³-hybridized carbons (Fsp3) is 0.250. The van der Waals surface area contributed by atoms with E-state index in [1.165, 1.54) is 0 Å². The molecule has 7 N–H and O–H groups in total. The van der Waals surface area contributed by atoms with E-state index in [4.69, 9.17) is 27.0 Å². The van der Waals surface area contributed by atoms with Crippen LogP contribution in [0.15, 0.2) is 47.5 Å². The number of aliphatic imine (C=N–C) groups is 1. The van der Waals surface area contributed by atoms with Crippen LogP contribution in [0.25, 0.3) is 0 Å². The van der Waals surface area contributed by atoms with Crippen LogP contribution in [0.3, 0.4) is 0 Å². The van der Waals surface area contributed by atoms with E-state index < -0.39 is 17.9 Å². The maximum absolute atomic E-state index is 12.0. The van der Waals surface area contributed by atoms with E-state index in [1.54, 1.807) is 42.5 Å². The Balaban J connectivity index is 2.22. The van der Waals surface area contributed by atoms with Gasteiger partial charge >= 0.3 is 5.97 Å². The number of carbonyl (C=O) groups is 2. The molecule has 1 amide bonds. The molecule has 0 fully saturated rings. The Kier molecular flexibility index (Phi) is 6.73. The van der Waals surface area contributed by atoms with Gasteiger partial charge in [-0.15, -0.1) is 0 Å². The van der Waals surface area contributed by atoms with Crippen LogP contribution in [0.4, 0.5) is 0 Å². The Morgan fingerprint density at radius 1 is 1.11 bits per heavy atom. The molecule has 8 nitrogen and oxygen atoms in total. The Bertz CT molecular complexity index is 888. The molecule has 0 unspecified atom stereocenters. The van der Waals surface area contributed by atoms with Crippen LogP contribution in [-0.4, -0.2) is 29.0 Å². The van der Waals surface area contributed by atoms with Crippen molar-refractivity contribution in [3.05, 3.63) is 59.2 Å². The highest BCUT2D eigenvalue weighted by Crippen LogP contribution is 2.32. The fourth-order valence-corrected chi connectivity index (χ4v) is 2.57. The highest BCUT2D eigenvalue weighted by atomic mass is 16.5. The number of hydrogen-bond donors (Lipinski definition) is 4. The zero-order chi connectivity index (χ0) is 20.8. The smallest absolute Gasteiger partial charge is 0.320 e. The maximum atomic E-state index is 12.0. The van der Waals surface area contributed by atoms with Gasteiger partial charge in [0.05, 0.1) is 0 Å². The quantitative estimate of drug-likeness (QED) is 0.420. The average Bonchev–Trinajstić information content (AvgIpc) is 2.62. The number of carboxylic acids is 1. The lowest BCUT2D eigenvalue weighted by Crippen LogP contribution is -2.32. The minimum atomic E-state index is -1.04. The van der Waals surface area contributed by atoms with Gasteiger partial charge in [0.15, 0.2) is 5.96 Å². The molecule has 0 saturated carbocycles. The van der Waals surface area contributed by atoms with Gasteiger partial charge in [0.1, 0.15) is 17.5 Å². The molecule has 2 aromatic rings. The van der Waals surface area contributed by atoms with E-state index in [0.717, 1.165) is 11.1 Å². The number of amides is 1. The van der Waals surface area contributed by atoms with Crippen molar-refractivity contribution in [2.75, 3.05) is 0 Å². The lowest BCUT2D eigenvalue weighted by Gasteiger charge is -2.15. The van der Waals surface area contributed by atoms with E-state index in [1.807, 2.05) is 13.8 Å². The predicted molar refractivity (Wildman–Crippen MR) is 107 cm³/mol. The SMILES string of the molecule is CC(C)c1cc(C(=O)N=C(N)N)ccc1Oc1ccc(C[C@H](N)C(=O)O)cc1. The van der Waals surface area contributed by atoms with Crippen molar-refractivity contribution < 1.29 is 19.4 Å². The van der Waals surface area contributed by atoms with Crippen LogP contribution in [0.5, 0.6) is 11.5 Å². The second-order valence-electron chi connectivity index (χ2n) is 6.64. The second-order valence-corrected chi connectivity index (χ2v) is 6.64. The first-order valence-electron chi connectivity index (χ1n) is 8.70. The van der Waals surface area contributed by atoms with Crippen molar-refractivity contribution in [3.8, 4) is 11.5 Å². The van der Waals surface area contributed by atoms with Crippen molar-refractivity contribution >= 4 is 17.8 Å². The molecule has 2 aromatic carbocycles. The topological polar surface area (TPSA) is 154 Å². The molecular formula is C20H24N4O4. The van der Waals surface area contributed by atoms with Crippen LogP contribution in [0.1, 0.15) is 41.3 Å². The third-order valence-corrected chi connectivity index (χ3v) is 4.03. The number of hydrogen-bond acceptors (Lipinski definition) is 4. The summed E-state index contributed by atoms with van der Waals surface area (Å²) in [4.78, 5) is 26.4. The van der Waals surface area contributed by atoms with Gasteiger partial charge in [-0.2, -0.15) is 4.99 Å². The summed E-state index contributed by atoms with van der Waals surface area (Å²) >= 11 is 0. The highest BCUT2D eigenvalue weighted by molar-refractivity contribution is 6.02. The normalized spacial score (nSPS) is 11.7. The molecule has 1 atom stereocenters. The first-order chi connectivity index (χ1) is 13.2. The lowest BCUT2D eigenvalue weighted by molar-refractivity contribution is -0.138. The summed E-state index contributed by atoms with van der Waals surface area (Å²) in [5, 5.41) is 8.89. The average molecular weight is 384 g/mol. The summed E-state index contributed by atoms with van der Waals surface area (Å²) in [7, 11) is 0. The molecule has 0 bridgehead atoms. The molecule has 28 heavy (non-hydrogen) atoms. The number of guanidine groups is 1. The van der Waals surface area contributed by atoms with Crippen molar-refractivity contribution in [2.45, 2.75) is 32.2 Å². The number of benzene rings is 2. The summed E-state index contributed by atoms with van der Waals surface area (Å²) in [6.07, 6.45) is 0.231. The first kappa shape index (κ1) is 20.9. The summed E-state index contributed by atoms with van der Waals surface area (Å²) in [5.41, 5.74) is 18.1. The van der Waals surface area contributed by atoms with Gasteiger partial charge in [-0.25, -0.2) is 0 Å². The van der Waals surface area contributed by atoms with Crippen molar-refractivity contribution in [1.82, 2.24) is 0 Å². The van der Waals surface area contributed by atoms with Gasteiger partial charge in [-0.1, -0.05) is 26.0 Å². The number of rotatable bonds is 7. The standard InChI is InChI=1S/C20H24N4O4/c1-11(2)15-10-13(18(25)24-20(22)23)5-8-17(15)28-14-6-3-12(4-7-14)9-16(21)19(26)27/h3-8,10-11,16H,9,21H2,1-2H3,(H,26,27)(H4,22,23,24,25)/t16-/m0/s1. The van der Waals surface area contributed by atoms with E-state index in [-0.39, 0.29) is 18.3 Å². The van der Waals surface area contributed by atoms with Crippen LogP contribution in [-0.2, 0) is 11.2 Å². The third kappa shape index (κ3) is 5.55. The number of ether oxygens (including phenoxy) is 1.